The van der Waals surface area contributed by atoms with Crippen LogP contribution < -0.4 is 10.1 Å². The summed E-state index contributed by atoms with van der Waals surface area (Å²) in [5, 5.41) is 23.1. The molecule has 172 valence electrons. The molecule has 0 aliphatic carbocycles. The number of amides is 2. The Morgan fingerprint density at radius 2 is 2.03 bits per heavy atom. The van der Waals surface area contributed by atoms with E-state index in [1.165, 1.54) is 4.90 Å². The van der Waals surface area contributed by atoms with E-state index in [9.17, 15) is 20.0 Å². The largest absolute Gasteiger partial charge is 0.485 e. The van der Waals surface area contributed by atoms with Crippen LogP contribution in [0.3, 0.4) is 0 Å². The average Bonchev–Trinajstić information content (AvgIpc) is 3.31. The molecule has 0 aromatic heterocycles. The van der Waals surface area contributed by atoms with Gasteiger partial charge in [-0.05, 0) is 50.5 Å². The first-order valence-electron chi connectivity index (χ1n) is 11.0. The number of hydrogen-bond donors (Lipinski definition) is 2. The molecule has 0 saturated carbocycles. The van der Waals surface area contributed by atoms with Crippen molar-refractivity contribution in [3.05, 3.63) is 65.2 Å². The highest BCUT2D eigenvalue weighted by Gasteiger charge is 2.45. The maximum Gasteiger partial charge on any atom is 0.410 e. The molecule has 2 aromatic carbocycles. The fourth-order valence-corrected chi connectivity index (χ4v) is 4.34. The molecule has 1 fully saturated rings. The van der Waals surface area contributed by atoms with E-state index in [-0.39, 0.29) is 12.5 Å². The van der Waals surface area contributed by atoms with E-state index in [1.807, 2.05) is 30.3 Å². The van der Waals surface area contributed by atoms with Gasteiger partial charge in [0.1, 0.15) is 30.1 Å². The molecule has 3 atom stereocenters. The highest BCUT2D eigenvalue weighted by atomic mass is 16.6. The van der Waals surface area contributed by atoms with E-state index in [2.05, 4.69) is 11.4 Å². The molecule has 0 bridgehead atoms. The van der Waals surface area contributed by atoms with Crippen LogP contribution in [0.1, 0.15) is 49.4 Å². The first-order valence-corrected chi connectivity index (χ1v) is 11.0. The first-order chi connectivity index (χ1) is 15.8. The fraction of sp³-hybridized carbons (Fsp3) is 0.400. The van der Waals surface area contributed by atoms with Gasteiger partial charge in [-0.15, -0.1) is 0 Å². The van der Waals surface area contributed by atoms with Crippen LogP contribution in [0.25, 0.3) is 0 Å². The predicted molar refractivity (Wildman–Crippen MR) is 119 cm³/mol. The van der Waals surface area contributed by atoms with Gasteiger partial charge in [-0.2, -0.15) is 5.26 Å². The van der Waals surface area contributed by atoms with Crippen molar-refractivity contribution in [1.82, 2.24) is 10.2 Å². The summed E-state index contributed by atoms with van der Waals surface area (Å²) in [5.74, 6) is 0.124. The Morgan fingerprint density at radius 1 is 1.27 bits per heavy atom. The molecule has 2 aromatic rings. The van der Waals surface area contributed by atoms with Gasteiger partial charge in [0.05, 0.1) is 17.7 Å². The molecule has 1 saturated heterocycles. The number of nitriles is 1. The van der Waals surface area contributed by atoms with Gasteiger partial charge in [0.25, 0.3) is 0 Å². The molecule has 0 spiro atoms. The van der Waals surface area contributed by atoms with E-state index in [0.717, 1.165) is 5.56 Å². The Morgan fingerprint density at radius 3 is 2.76 bits per heavy atom. The van der Waals surface area contributed by atoms with E-state index < -0.39 is 29.9 Å². The molecule has 2 unspecified atom stereocenters. The zero-order valence-corrected chi connectivity index (χ0v) is 18.7. The number of aliphatic hydroxyl groups excluding tert-OH is 1. The zero-order valence-electron chi connectivity index (χ0n) is 18.7. The molecule has 2 N–H and O–H groups in total. The number of carbonyl (C=O) groups excluding carboxylic acids is 2. The third kappa shape index (κ3) is 4.64. The normalized spacial score (nSPS) is 23.1. The highest BCUT2D eigenvalue weighted by molar-refractivity contribution is 5.86. The lowest BCUT2D eigenvalue weighted by Gasteiger charge is -2.42. The molecular formula is C25H27N3O5. The molecule has 8 nitrogen and oxygen atoms in total. The molecule has 2 aliphatic heterocycles. The lowest BCUT2D eigenvalue weighted by Crippen LogP contribution is -2.56. The van der Waals surface area contributed by atoms with E-state index in [4.69, 9.17) is 9.47 Å². The monoisotopic (exact) mass is 449 g/mol. The number of likely N-dealkylation sites (tertiary alicyclic amines) is 1. The number of benzene rings is 2. The summed E-state index contributed by atoms with van der Waals surface area (Å²) >= 11 is 0. The molecule has 33 heavy (non-hydrogen) atoms. The van der Waals surface area contributed by atoms with Gasteiger partial charge < -0.3 is 19.9 Å². The summed E-state index contributed by atoms with van der Waals surface area (Å²) in [5.41, 5.74) is 0.840. The van der Waals surface area contributed by atoms with Crippen molar-refractivity contribution in [2.24, 2.45) is 0 Å². The van der Waals surface area contributed by atoms with Gasteiger partial charge >= 0.3 is 6.09 Å². The van der Waals surface area contributed by atoms with Gasteiger partial charge in [-0.25, -0.2) is 4.79 Å². The minimum atomic E-state index is -1.05. The number of aliphatic hydroxyl groups is 1. The molecule has 0 radical (unpaired) electrons. The third-order valence-corrected chi connectivity index (χ3v) is 6.17. The highest BCUT2D eigenvalue weighted by Crippen LogP contribution is 2.40. The second kappa shape index (κ2) is 9.12. The quantitative estimate of drug-likeness (QED) is 0.742. The van der Waals surface area contributed by atoms with E-state index in [0.29, 0.717) is 36.3 Å². The van der Waals surface area contributed by atoms with Crippen LogP contribution in [0.15, 0.2) is 48.5 Å². The first kappa shape index (κ1) is 22.6. The van der Waals surface area contributed by atoms with Crippen molar-refractivity contribution in [3.8, 4) is 11.8 Å². The van der Waals surface area contributed by atoms with Crippen LogP contribution in [0.2, 0.25) is 0 Å². The summed E-state index contributed by atoms with van der Waals surface area (Å²) in [6, 6.07) is 14.8. The average molecular weight is 450 g/mol. The topological polar surface area (TPSA) is 112 Å². The summed E-state index contributed by atoms with van der Waals surface area (Å²) < 4.78 is 11.3. The van der Waals surface area contributed by atoms with Gasteiger partial charge in [0.2, 0.25) is 5.91 Å². The molecule has 2 aliphatic rings. The number of nitrogens with one attached hydrogen (secondary N) is 1. The Labute approximate surface area is 192 Å². The number of fused-ring (bicyclic) bond motifs is 1. The number of rotatable bonds is 4. The molecular weight excluding hydrogens is 422 g/mol. The van der Waals surface area contributed by atoms with E-state index >= 15 is 0 Å². The smallest absolute Gasteiger partial charge is 0.410 e. The summed E-state index contributed by atoms with van der Waals surface area (Å²) in [6.45, 7) is 4.02. The second-order valence-corrected chi connectivity index (χ2v) is 8.89. The maximum atomic E-state index is 13.2. The van der Waals surface area contributed by atoms with Crippen LogP contribution in [0.5, 0.6) is 5.75 Å². The number of carbonyl (C=O) groups is 2. The molecule has 4 rings (SSSR count). The lowest BCUT2D eigenvalue weighted by molar-refractivity contribution is -0.129. The van der Waals surface area contributed by atoms with Gasteiger partial charge in [-0.3, -0.25) is 9.69 Å². The molecule has 2 amide bonds. The summed E-state index contributed by atoms with van der Waals surface area (Å²) in [4.78, 5) is 27.4. The summed E-state index contributed by atoms with van der Waals surface area (Å²) in [6.07, 6.45) is -0.422. The minimum Gasteiger partial charge on any atom is -0.485 e. The van der Waals surface area contributed by atoms with Crippen molar-refractivity contribution in [2.75, 3.05) is 6.54 Å². The third-order valence-electron chi connectivity index (χ3n) is 6.17. The number of hydrogen-bond acceptors (Lipinski definition) is 6. The molecule has 8 heteroatoms. The zero-order chi connectivity index (χ0) is 23.6. The van der Waals surface area contributed by atoms with Crippen LogP contribution in [-0.2, 0) is 16.1 Å². The van der Waals surface area contributed by atoms with Crippen LogP contribution >= 0.6 is 0 Å². The summed E-state index contributed by atoms with van der Waals surface area (Å²) in [7, 11) is 0. The van der Waals surface area contributed by atoms with Crippen LogP contribution in [0, 0.1) is 11.3 Å². The van der Waals surface area contributed by atoms with Crippen molar-refractivity contribution < 1.29 is 24.2 Å². The Bertz CT molecular complexity index is 1080. The van der Waals surface area contributed by atoms with Crippen molar-refractivity contribution in [3.63, 3.8) is 0 Å². The van der Waals surface area contributed by atoms with Crippen molar-refractivity contribution in [2.45, 2.75) is 57.1 Å². The number of nitrogens with zero attached hydrogens (tertiary/aromatic N) is 2. The standard InChI is InChI=1S/C25H27N3O5/c1-25(2)22(29)21(18-13-17(14-26)10-11-20(18)33-25)27-23(30)19-9-6-12-28(19)24(31)32-15-16-7-4-3-5-8-16/h3-5,7-8,10-11,13,19,21-22,29H,6,9,12,15H2,1-2H3,(H,27,30)/t19-,21?,22?/m1/s1. The molecule has 2 heterocycles. The second-order valence-electron chi connectivity index (χ2n) is 8.89. The van der Waals surface area contributed by atoms with Crippen LogP contribution in [0.4, 0.5) is 4.79 Å². The fourth-order valence-electron chi connectivity index (χ4n) is 4.34. The van der Waals surface area contributed by atoms with Crippen LogP contribution in [-0.4, -0.2) is 46.3 Å². The van der Waals surface area contributed by atoms with Gasteiger partial charge in [0.15, 0.2) is 0 Å². The van der Waals surface area contributed by atoms with Crippen molar-refractivity contribution >= 4 is 12.0 Å². The van der Waals surface area contributed by atoms with Crippen molar-refractivity contribution in [1.29, 1.82) is 5.26 Å². The SMILES string of the molecule is CC1(C)Oc2ccc(C#N)cc2C(NC(=O)[C@H]2CCCN2C(=O)OCc2ccccc2)C1O. The van der Waals surface area contributed by atoms with E-state index in [1.54, 1.807) is 32.0 Å². The van der Waals surface area contributed by atoms with Gasteiger partial charge in [-0.1, -0.05) is 30.3 Å². The maximum absolute atomic E-state index is 13.2. The Kier molecular flexibility index (Phi) is 6.25. The lowest BCUT2D eigenvalue weighted by atomic mass is 9.85. The predicted octanol–water partition coefficient (Wildman–Crippen LogP) is 3.05. The minimum absolute atomic E-state index is 0.127. The van der Waals surface area contributed by atoms with Gasteiger partial charge in [0, 0.05) is 12.1 Å². The Balaban J connectivity index is 1.49. The number of ether oxygens (including phenoxy) is 2. The Hall–Kier alpha value is -3.57.